The topological polar surface area (TPSA) is 55.4 Å². The molecule has 1 N–H and O–H groups in total. The first-order valence-electron chi connectivity index (χ1n) is 11.3. The van der Waals surface area contributed by atoms with Crippen molar-refractivity contribution >= 4 is 11.9 Å². The Balaban J connectivity index is 3.49. The van der Waals surface area contributed by atoms with Gasteiger partial charge in [-0.2, -0.15) is 0 Å². The van der Waals surface area contributed by atoms with Crippen LogP contribution in [0.1, 0.15) is 84.0 Å². The highest BCUT2D eigenvalue weighted by Crippen LogP contribution is 2.12. The van der Waals surface area contributed by atoms with Crippen LogP contribution in [0.3, 0.4) is 0 Å². The minimum Gasteiger partial charge on any atom is -0.462 e. The summed E-state index contributed by atoms with van der Waals surface area (Å²) in [6.45, 7) is 7.71. The predicted octanol–water partition coefficient (Wildman–Crippen LogP) is 4.61. The van der Waals surface area contributed by atoms with Gasteiger partial charge in [0.2, 0.25) is 5.91 Å². The Morgan fingerprint density at radius 1 is 0.893 bits per heavy atom. The minimum absolute atomic E-state index is 0.164. The van der Waals surface area contributed by atoms with E-state index in [1.807, 2.05) is 14.1 Å². The number of nitrogens with zero attached hydrogens (tertiary/aromatic N) is 1. The number of amides is 1. The van der Waals surface area contributed by atoms with E-state index in [2.05, 4.69) is 18.8 Å². The molecule has 0 aliphatic carbocycles. The SMILES string of the molecule is C=CC(=O)NCC[N+](C)(C)CC(=O)OCCCCCCCCCCCCCC. The summed E-state index contributed by atoms with van der Waals surface area (Å²) in [7, 11) is 3.93. The number of nitrogens with one attached hydrogen (secondary N) is 1. The maximum Gasteiger partial charge on any atom is 0.361 e. The molecule has 164 valence electrons. The molecule has 0 aliphatic rings. The van der Waals surface area contributed by atoms with Crippen molar-refractivity contribution < 1.29 is 18.8 Å². The molecule has 0 aliphatic heterocycles. The minimum atomic E-state index is -0.186. The lowest BCUT2D eigenvalue weighted by molar-refractivity contribution is -0.881. The maximum atomic E-state index is 12.0. The zero-order valence-corrected chi connectivity index (χ0v) is 18.8. The van der Waals surface area contributed by atoms with Crippen LogP contribution in [0.2, 0.25) is 0 Å². The van der Waals surface area contributed by atoms with Gasteiger partial charge in [0.25, 0.3) is 0 Å². The Bertz CT molecular complexity index is 422. The van der Waals surface area contributed by atoms with Crippen LogP contribution in [0.25, 0.3) is 0 Å². The van der Waals surface area contributed by atoms with Crippen LogP contribution in [-0.2, 0) is 14.3 Å². The average Bonchev–Trinajstić information content (AvgIpc) is 2.64. The Labute approximate surface area is 173 Å². The molecule has 0 rings (SSSR count). The summed E-state index contributed by atoms with van der Waals surface area (Å²) >= 11 is 0. The third kappa shape index (κ3) is 18.0. The molecule has 0 spiro atoms. The van der Waals surface area contributed by atoms with E-state index in [9.17, 15) is 9.59 Å². The van der Waals surface area contributed by atoms with Gasteiger partial charge in [-0.05, 0) is 12.5 Å². The highest BCUT2D eigenvalue weighted by atomic mass is 16.5. The van der Waals surface area contributed by atoms with Gasteiger partial charge >= 0.3 is 5.97 Å². The largest absolute Gasteiger partial charge is 0.462 e. The van der Waals surface area contributed by atoms with Crippen LogP contribution < -0.4 is 5.32 Å². The summed E-state index contributed by atoms with van der Waals surface area (Å²) in [5, 5.41) is 2.73. The van der Waals surface area contributed by atoms with Crippen molar-refractivity contribution in [2.24, 2.45) is 0 Å². The molecule has 1 amide bonds. The molecule has 5 heteroatoms. The summed E-state index contributed by atoms with van der Waals surface area (Å²) in [4.78, 5) is 23.1. The van der Waals surface area contributed by atoms with Gasteiger partial charge in [0.05, 0.1) is 33.8 Å². The molecule has 0 aromatic rings. The van der Waals surface area contributed by atoms with Crippen LogP contribution in [0.5, 0.6) is 0 Å². The number of carbonyl (C=O) groups is 2. The second-order valence-electron chi connectivity index (χ2n) is 8.42. The van der Waals surface area contributed by atoms with Crippen molar-refractivity contribution in [3.05, 3.63) is 12.7 Å². The van der Waals surface area contributed by atoms with Crippen molar-refractivity contribution in [2.75, 3.05) is 40.3 Å². The maximum absolute atomic E-state index is 12.0. The van der Waals surface area contributed by atoms with E-state index in [4.69, 9.17) is 4.74 Å². The van der Waals surface area contributed by atoms with Gasteiger partial charge in [0, 0.05) is 0 Å². The van der Waals surface area contributed by atoms with Gasteiger partial charge in [-0.15, -0.1) is 0 Å². The molecule has 0 heterocycles. The molecule has 0 unspecified atom stereocenters. The number of rotatable bonds is 19. The molecule has 0 saturated heterocycles. The molecule has 0 fully saturated rings. The molecule has 0 bridgehead atoms. The summed E-state index contributed by atoms with van der Waals surface area (Å²) in [5.41, 5.74) is 0. The summed E-state index contributed by atoms with van der Waals surface area (Å²) in [6.07, 6.45) is 16.8. The van der Waals surface area contributed by atoms with Crippen molar-refractivity contribution in [1.29, 1.82) is 0 Å². The third-order valence-corrected chi connectivity index (χ3v) is 5.02. The van der Waals surface area contributed by atoms with E-state index in [1.165, 1.54) is 70.3 Å². The van der Waals surface area contributed by atoms with E-state index < -0.39 is 0 Å². The average molecular weight is 398 g/mol. The summed E-state index contributed by atoms with van der Waals surface area (Å²) in [5.74, 6) is -0.349. The third-order valence-electron chi connectivity index (χ3n) is 5.02. The highest BCUT2D eigenvalue weighted by molar-refractivity contribution is 5.86. The smallest absolute Gasteiger partial charge is 0.361 e. The molecule has 5 nitrogen and oxygen atoms in total. The van der Waals surface area contributed by atoms with Crippen LogP contribution >= 0.6 is 0 Å². The van der Waals surface area contributed by atoms with Gasteiger partial charge in [-0.1, -0.05) is 84.1 Å². The first-order chi connectivity index (χ1) is 13.4. The molecule has 0 atom stereocenters. The number of hydrogen-bond acceptors (Lipinski definition) is 3. The van der Waals surface area contributed by atoms with Crippen LogP contribution in [0, 0.1) is 0 Å². The van der Waals surface area contributed by atoms with E-state index >= 15 is 0 Å². The number of ether oxygens (including phenoxy) is 1. The van der Waals surface area contributed by atoms with E-state index in [-0.39, 0.29) is 11.9 Å². The Morgan fingerprint density at radius 2 is 1.39 bits per heavy atom. The Kier molecular flexibility index (Phi) is 16.9. The molecule has 0 saturated carbocycles. The lowest BCUT2D eigenvalue weighted by Crippen LogP contribution is -2.48. The van der Waals surface area contributed by atoms with Crippen molar-refractivity contribution in [1.82, 2.24) is 5.32 Å². The first kappa shape index (κ1) is 26.6. The number of quaternary nitrogens is 1. The Morgan fingerprint density at radius 3 is 1.89 bits per heavy atom. The molecular weight excluding hydrogens is 352 g/mol. The lowest BCUT2D eigenvalue weighted by atomic mass is 10.1. The molecule has 0 aromatic carbocycles. The lowest BCUT2D eigenvalue weighted by Gasteiger charge is -2.28. The second-order valence-corrected chi connectivity index (χ2v) is 8.42. The predicted molar refractivity (Wildman–Crippen MR) is 117 cm³/mol. The van der Waals surface area contributed by atoms with Crippen LogP contribution in [0.15, 0.2) is 12.7 Å². The fourth-order valence-electron chi connectivity index (χ4n) is 3.16. The zero-order chi connectivity index (χ0) is 21.1. The number of likely N-dealkylation sites (N-methyl/N-ethyl adjacent to an activating group) is 1. The normalized spacial score (nSPS) is 11.2. The number of hydrogen-bond donors (Lipinski definition) is 1. The first-order valence-corrected chi connectivity index (χ1v) is 11.3. The number of esters is 1. The van der Waals surface area contributed by atoms with Crippen molar-refractivity contribution in [2.45, 2.75) is 84.0 Å². The van der Waals surface area contributed by atoms with Crippen molar-refractivity contribution in [3.63, 3.8) is 0 Å². The molecular formula is C23H45N2O3+. The number of unbranched alkanes of at least 4 members (excludes halogenated alkanes) is 11. The van der Waals surface area contributed by atoms with Crippen LogP contribution in [-0.4, -0.2) is 56.7 Å². The standard InChI is InChI=1S/C23H44N2O3/c1-5-7-8-9-10-11-12-13-14-15-16-17-20-28-23(27)21-25(3,4)19-18-24-22(26)6-2/h6H,2,5,7-21H2,1,3-4H3/p+1. The van der Waals surface area contributed by atoms with Crippen LogP contribution in [0.4, 0.5) is 0 Å². The number of carbonyl (C=O) groups excluding carboxylic acids is 2. The molecule has 28 heavy (non-hydrogen) atoms. The second kappa shape index (κ2) is 17.7. The summed E-state index contributed by atoms with van der Waals surface area (Å²) < 4.78 is 5.85. The van der Waals surface area contributed by atoms with Gasteiger partial charge in [-0.3, -0.25) is 4.79 Å². The van der Waals surface area contributed by atoms with E-state index in [0.717, 1.165) is 12.8 Å². The van der Waals surface area contributed by atoms with E-state index in [1.54, 1.807) is 0 Å². The molecule has 0 aromatic heterocycles. The van der Waals surface area contributed by atoms with Gasteiger partial charge in [-0.25, -0.2) is 4.79 Å². The fourth-order valence-corrected chi connectivity index (χ4v) is 3.16. The monoisotopic (exact) mass is 397 g/mol. The highest BCUT2D eigenvalue weighted by Gasteiger charge is 2.20. The van der Waals surface area contributed by atoms with Gasteiger partial charge < -0.3 is 14.5 Å². The Hall–Kier alpha value is -1.36. The van der Waals surface area contributed by atoms with Gasteiger partial charge in [0.15, 0.2) is 6.54 Å². The van der Waals surface area contributed by atoms with Crippen molar-refractivity contribution in [3.8, 4) is 0 Å². The van der Waals surface area contributed by atoms with Gasteiger partial charge in [0.1, 0.15) is 0 Å². The summed E-state index contributed by atoms with van der Waals surface area (Å²) in [6, 6.07) is 0. The quantitative estimate of drug-likeness (QED) is 0.150. The molecule has 0 radical (unpaired) electrons. The van der Waals surface area contributed by atoms with E-state index in [0.29, 0.717) is 30.7 Å². The fraction of sp³-hybridized carbons (Fsp3) is 0.826. The zero-order valence-electron chi connectivity index (χ0n) is 18.8.